The number of carbonyl (C=O) groups excluding carboxylic acids is 2. The highest BCUT2D eigenvalue weighted by Gasteiger charge is 2.58. The molecule has 0 aromatic carbocycles. The highest BCUT2D eigenvalue weighted by atomic mass is 16.5. The van der Waals surface area contributed by atoms with Gasteiger partial charge in [0.05, 0.1) is 31.2 Å². The minimum absolute atomic E-state index is 0.0119. The van der Waals surface area contributed by atoms with Gasteiger partial charge in [0.1, 0.15) is 5.75 Å². The van der Waals surface area contributed by atoms with E-state index >= 15 is 0 Å². The molecule has 1 aromatic heterocycles. The monoisotopic (exact) mass is 425 g/mol. The van der Waals surface area contributed by atoms with Crippen molar-refractivity contribution in [3.63, 3.8) is 0 Å². The molecule has 166 valence electrons. The summed E-state index contributed by atoms with van der Waals surface area (Å²) in [5, 5.41) is 6.45. The van der Waals surface area contributed by atoms with Gasteiger partial charge in [0.2, 0.25) is 11.8 Å². The van der Waals surface area contributed by atoms with Crippen molar-refractivity contribution < 1.29 is 14.3 Å². The lowest BCUT2D eigenvalue weighted by atomic mass is 9.85. The van der Waals surface area contributed by atoms with E-state index in [1.807, 2.05) is 20.8 Å². The summed E-state index contributed by atoms with van der Waals surface area (Å²) in [5.74, 6) is 1.63. The number of nitrogens with one attached hydrogen (secondary N) is 2. The Labute approximate surface area is 183 Å². The zero-order chi connectivity index (χ0) is 22.1. The summed E-state index contributed by atoms with van der Waals surface area (Å²) in [6.07, 6.45) is 6.98. The Morgan fingerprint density at radius 1 is 1.19 bits per heavy atom. The lowest BCUT2D eigenvalue weighted by Gasteiger charge is -2.18. The van der Waals surface area contributed by atoms with Gasteiger partial charge < -0.3 is 15.4 Å². The predicted molar refractivity (Wildman–Crippen MR) is 118 cm³/mol. The fraction of sp³-hybridized carbons (Fsp3) is 0.565. The number of aromatic nitrogens is 1. The standard InChI is InChI=1S/C23H31N5O3/c1-5-24-23(27-12-17-14(3)20(31-4)13(2)11-26-17)25-8-9-28-21(29)18-15-6-7-16(10-15)19(18)22(28)30/h6-7,11,15-16,18-19H,5,8-10,12H2,1-4H3,(H2,24,25,27). The minimum Gasteiger partial charge on any atom is -0.496 e. The molecule has 2 amide bonds. The van der Waals surface area contributed by atoms with Crippen LogP contribution >= 0.6 is 0 Å². The quantitative estimate of drug-likeness (QED) is 0.298. The van der Waals surface area contributed by atoms with Gasteiger partial charge in [-0.1, -0.05) is 12.2 Å². The molecule has 0 radical (unpaired) electrons. The summed E-state index contributed by atoms with van der Waals surface area (Å²) < 4.78 is 5.47. The number of ether oxygens (including phenoxy) is 1. The number of allylic oxidation sites excluding steroid dienone is 2. The third-order valence-electron chi connectivity index (χ3n) is 6.67. The van der Waals surface area contributed by atoms with Crippen LogP contribution in [0.3, 0.4) is 0 Å². The number of carbonyl (C=O) groups is 2. The van der Waals surface area contributed by atoms with Gasteiger partial charge in [-0.05, 0) is 39.0 Å². The zero-order valence-corrected chi connectivity index (χ0v) is 18.6. The lowest BCUT2D eigenvalue weighted by molar-refractivity contribution is -0.140. The maximum Gasteiger partial charge on any atom is 0.233 e. The van der Waals surface area contributed by atoms with E-state index in [1.165, 1.54) is 4.90 Å². The van der Waals surface area contributed by atoms with Crippen LogP contribution < -0.4 is 15.4 Å². The number of hydrogen-bond acceptors (Lipinski definition) is 5. The molecule has 2 aliphatic carbocycles. The van der Waals surface area contributed by atoms with Crippen LogP contribution in [0.1, 0.15) is 30.2 Å². The minimum atomic E-state index is -0.144. The Morgan fingerprint density at radius 2 is 1.87 bits per heavy atom. The molecule has 4 atom stereocenters. The van der Waals surface area contributed by atoms with Gasteiger partial charge in [-0.25, -0.2) is 4.99 Å². The second-order valence-corrected chi connectivity index (χ2v) is 8.50. The second-order valence-electron chi connectivity index (χ2n) is 8.50. The Hall–Kier alpha value is -2.90. The van der Waals surface area contributed by atoms with Gasteiger partial charge in [0.25, 0.3) is 0 Å². The maximum absolute atomic E-state index is 12.8. The highest BCUT2D eigenvalue weighted by molar-refractivity contribution is 6.06. The number of nitrogens with zero attached hydrogens (tertiary/aromatic N) is 3. The number of rotatable bonds is 7. The molecule has 1 aromatic rings. The van der Waals surface area contributed by atoms with Crippen LogP contribution in [0.15, 0.2) is 23.3 Å². The van der Waals surface area contributed by atoms with Crippen LogP contribution in [0.4, 0.5) is 0 Å². The van der Waals surface area contributed by atoms with Gasteiger partial charge in [0.15, 0.2) is 5.96 Å². The molecule has 1 saturated carbocycles. The van der Waals surface area contributed by atoms with Gasteiger partial charge in [-0.15, -0.1) is 0 Å². The van der Waals surface area contributed by atoms with Gasteiger partial charge >= 0.3 is 0 Å². The Kier molecular flexibility index (Phi) is 5.98. The number of pyridine rings is 1. The fourth-order valence-electron chi connectivity index (χ4n) is 5.20. The average molecular weight is 426 g/mol. The first kappa shape index (κ1) is 21.3. The largest absolute Gasteiger partial charge is 0.496 e. The van der Waals surface area contributed by atoms with Crippen molar-refractivity contribution in [2.75, 3.05) is 26.7 Å². The molecule has 8 heteroatoms. The number of hydrogen-bond donors (Lipinski definition) is 2. The third-order valence-corrected chi connectivity index (χ3v) is 6.67. The third kappa shape index (κ3) is 3.79. The average Bonchev–Trinajstić information content (AvgIpc) is 3.43. The number of guanidine groups is 1. The van der Waals surface area contributed by atoms with Crippen LogP contribution in [-0.2, 0) is 16.1 Å². The van der Waals surface area contributed by atoms with Gasteiger partial charge in [0, 0.05) is 37.0 Å². The van der Waals surface area contributed by atoms with Gasteiger partial charge in [-0.3, -0.25) is 19.5 Å². The number of methoxy groups -OCH3 is 1. The summed E-state index contributed by atoms with van der Waals surface area (Å²) in [6, 6.07) is 0. The van der Waals surface area contributed by atoms with Crippen LogP contribution in [0.5, 0.6) is 5.75 Å². The van der Waals surface area contributed by atoms with Gasteiger partial charge in [-0.2, -0.15) is 0 Å². The van der Waals surface area contributed by atoms with E-state index in [9.17, 15) is 9.59 Å². The van der Waals surface area contributed by atoms with Crippen LogP contribution in [0, 0.1) is 37.5 Å². The molecule has 1 aliphatic heterocycles. The maximum atomic E-state index is 12.8. The molecule has 1 saturated heterocycles. The predicted octanol–water partition coefficient (Wildman–Crippen LogP) is 1.57. The van der Waals surface area contributed by atoms with E-state index in [1.54, 1.807) is 13.3 Å². The normalized spacial score (nSPS) is 26.6. The van der Waals surface area contributed by atoms with E-state index < -0.39 is 0 Å². The molecule has 2 bridgehead atoms. The van der Waals surface area contributed by atoms with Crippen LogP contribution in [0.25, 0.3) is 0 Å². The summed E-state index contributed by atoms with van der Waals surface area (Å²) in [6.45, 7) is 7.85. The molecule has 4 unspecified atom stereocenters. The first-order valence-electron chi connectivity index (χ1n) is 11.0. The smallest absolute Gasteiger partial charge is 0.233 e. The van der Waals surface area contributed by atoms with E-state index in [-0.39, 0.29) is 35.5 Å². The van der Waals surface area contributed by atoms with E-state index in [4.69, 9.17) is 4.74 Å². The van der Waals surface area contributed by atoms with E-state index in [0.29, 0.717) is 32.1 Å². The number of imide groups is 1. The molecular formula is C23H31N5O3. The van der Waals surface area contributed by atoms with Crippen molar-refractivity contribution in [1.82, 2.24) is 20.5 Å². The first-order valence-corrected chi connectivity index (χ1v) is 11.0. The molecule has 8 nitrogen and oxygen atoms in total. The number of aryl methyl sites for hydroxylation is 1. The summed E-state index contributed by atoms with van der Waals surface area (Å²) in [5.41, 5.74) is 2.82. The number of aliphatic imine (C=N–C) groups is 1. The van der Waals surface area contributed by atoms with Crippen molar-refractivity contribution in [2.24, 2.45) is 28.7 Å². The molecule has 2 fully saturated rings. The highest BCUT2D eigenvalue weighted by Crippen LogP contribution is 2.52. The Balaban J connectivity index is 1.36. The molecule has 2 heterocycles. The second kappa shape index (κ2) is 8.69. The van der Waals surface area contributed by atoms with E-state index in [2.05, 4.69) is 32.8 Å². The summed E-state index contributed by atoms with van der Waals surface area (Å²) in [4.78, 5) is 36.2. The van der Waals surface area contributed by atoms with Crippen molar-refractivity contribution in [1.29, 1.82) is 0 Å². The fourth-order valence-corrected chi connectivity index (χ4v) is 5.20. The Morgan fingerprint density at radius 3 is 2.48 bits per heavy atom. The number of amides is 2. The first-order chi connectivity index (χ1) is 15.0. The molecule has 3 aliphatic rings. The van der Waals surface area contributed by atoms with E-state index in [0.717, 1.165) is 29.0 Å². The summed E-state index contributed by atoms with van der Waals surface area (Å²) in [7, 11) is 1.66. The SMILES string of the molecule is CCNC(=NCc1ncc(C)c(OC)c1C)NCCN1C(=O)C2C3C=CC(C3)C2C1=O. The van der Waals surface area contributed by atoms with Crippen molar-refractivity contribution in [2.45, 2.75) is 33.7 Å². The Bertz CT molecular complexity index is 911. The van der Waals surface area contributed by atoms with Crippen LogP contribution in [-0.4, -0.2) is 54.4 Å². The molecular weight excluding hydrogens is 394 g/mol. The molecule has 0 spiro atoms. The number of fused-ring (bicyclic) bond motifs is 5. The lowest BCUT2D eigenvalue weighted by Crippen LogP contribution is -2.43. The topological polar surface area (TPSA) is 95.9 Å². The van der Waals surface area contributed by atoms with Crippen LogP contribution in [0.2, 0.25) is 0 Å². The zero-order valence-electron chi connectivity index (χ0n) is 18.6. The number of likely N-dealkylation sites (tertiary alicyclic amines) is 1. The molecule has 2 N–H and O–H groups in total. The molecule has 4 rings (SSSR count). The summed E-state index contributed by atoms with van der Waals surface area (Å²) >= 11 is 0. The van der Waals surface area contributed by atoms with Crippen molar-refractivity contribution in [3.05, 3.63) is 35.2 Å². The van der Waals surface area contributed by atoms with Crippen molar-refractivity contribution in [3.8, 4) is 5.75 Å². The molecule has 31 heavy (non-hydrogen) atoms. The van der Waals surface area contributed by atoms with Crippen molar-refractivity contribution >= 4 is 17.8 Å².